The van der Waals surface area contributed by atoms with Gasteiger partial charge in [0, 0.05) is 22.9 Å². The third-order valence-corrected chi connectivity index (χ3v) is 4.86. The number of thiophene rings is 1. The van der Waals surface area contributed by atoms with Crippen LogP contribution in [0.25, 0.3) is 10.8 Å². The average Bonchev–Trinajstić information content (AvgIpc) is 3.00. The van der Waals surface area contributed by atoms with E-state index >= 15 is 0 Å². The minimum atomic E-state index is 0.103. The van der Waals surface area contributed by atoms with E-state index in [2.05, 4.69) is 53.2 Å². The lowest BCUT2D eigenvalue weighted by atomic mass is 9.85. The third kappa shape index (κ3) is 1.74. The Morgan fingerprint density at radius 1 is 1.05 bits per heavy atom. The van der Waals surface area contributed by atoms with Crippen LogP contribution in [-0.2, 0) is 4.79 Å². The second-order valence-electron chi connectivity index (χ2n) is 5.07. The summed E-state index contributed by atoms with van der Waals surface area (Å²) in [5, 5.41) is 7.55. The number of carbonyl (C=O) groups excluding carboxylic acids is 1. The van der Waals surface area contributed by atoms with Crippen LogP contribution in [0, 0.1) is 0 Å². The summed E-state index contributed by atoms with van der Waals surface area (Å²) >= 11 is 1.72. The van der Waals surface area contributed by atoms with Crippen LogP contribution in [0.5, 0.6) is 0 Å². The van der Waals surface area contributed by atoms with Crippen molar-refractivity contribution in [1.82, 2.24) is 0 Å². The number of carbonyl (C=O) groups is 1. The first kappa shape index (κ1) is 11.7. The Morgan fingerprint density at radius 2 is 1.95 bits per heavy atom. The maximum atomic E-state index is 12.0. The Balaban J connectivity index is 2.02. The molecule has 20 heavy (non-hydrogen) atoms. The van der Waals surface area contributed by atoms with Crippen LogP contribution in [0.1, 0.15) is 22.8 Å². The molecule has 0 fully saturated rings. The first-order valence-electron chi connectivity index (χ1n) is 6.68. The van der Waals surface area contributed by atoms with Gasteiger partial charge in [0.1, 0.15) is 0 Å². The zero-order chi connectivity index (χ0) is 13.5. The molecule has 0 aliphatic carbocycles. The van der Waals surface area contributed by atoms with Crippen LogP contribution in [0.3, 0.4) is 0 Å². The molecule has 0 saturated heterocycles. The molecule has 2 nitrogen and oxygen atoms in total. The molecule has 1 atom stereocenters. The highest BCUT2D eigenvalue weighted by Gasteiger charge is 2.28. The minimum Gasteiger partial charge on any atom is -0.326 e. The van der Waals surface area contributed by atoms with Gasteiger partial charge < -0.3 is 5.32 Å². The van der Waals surface area contributed by atoms with Gasteiger partial charge in [0.2, 0.25) is 5.91 Å². The Bertz CT molecular complexity index is 792. The third-order valence-electron chi connectivity index (χ3n) is 3.87. The van der Waals surface area contributed by atoms with E-state index in [9.17, 15) is 4.79 Å². The van der Waals surface area contributed by atoms with E-state index in [4.69, 9.17) is 0 Å². The molecular formula is C17H13NOS. The van der Waals surface area contributed by atoms with E-state index in [1.165, 1.54) is 21.2 Å². The van der Waals surface area contributed by atoms with Crippen LogP contribution in [0.4, 0.5) is 5.69 Å². The molecule has 4 rings (SSSR count). The molecule has 3 aromatic rings. The molecule has 2 aromatic carbocycles. The molecule has 0 bridgehead atoms. The van der Waals surface area contributed by atoms with Crippen molar-refractivity contribution in [2.75, 3.05) is 5.32 Å². The molecule has 1 unspecified atom stereocenters. The Hall–Kier alpha value is -2.13. The molecule has 3 heteroatoms. The van der Waals surface area contributed by atoms with Gasteiger partial charge in [-0.25, -0.2) is 0 Å². The first-order chi connectivity index (χ1) is 9.83. The normalized spacial score (nSPS) is 17.8. The molecule has 1 aromatic heterocycles. The molecule has 1 N–H and O–H groups in total. The molecule has 98 valence electrons. The van der Waals surface area contributed by atoms with E-state index in [0.29, 0.717) is 6.42 Å². The van der Waals surface area contributed by atoms with Crippen molar-refractivity contribution in [2.45, 2.75) is 12.3 Å². The molecule has 1 aliphatic rings. The number of hydrogen-bond donors (Lipinski definition) is 1. The van der Waals surface area contributed by atoms with Crippen LogP contribution in [-0.4, -0.2) is 5.91 Å². The first-order valence-corrected chi connectivity index (χ1v) is 7.56. The molecular weight excluding hydrogens is 266 g/mol. The second-order valence-corrected chi connectivity index (χ2v) is 6.05. The SMILES string of the molecule is O=C1CC(c2cccs2)c2c(ccc3ccccc23)N1. The lowest BCUT2D eigenvalue weighted by Crippen LogP contribution is -2.23. The summed E-state index contributed by atoms with van der Waals surface area (Å²) in [5.41, 5.74) is 2.21. The standard InChI is InChI=1S/C17H13NOS/c19-16-10-13(15-6-3-9-20-15)17-12-5-2-1-4-11(12)7-8-14(17)18-16/h1-9,13H,10H2,(H,18,19). The van der Waals surface area contributed by atoms with Gasteiger partial charge in [-0.3, -0.25) is 4.79 Å². The number of anilines is 1. The van der Waals surface area contributed by atoms with E-state index in [-0.39, 0.29) is 11.8 Å². The highest BCUT2D eigenvalue weighted by Crippen LogP contribution is 2.42. The molecule has 0 saturated carbocycles. The van der Waals surface area contributed by atoms with Crippen molar-refractivity contribution in [3.05, 3.63) is 64.4 Å². The van der Waals surface area contributed by atoms with Crippen molar-refractivity contribution in [3.63, 3.8) is 0 Å². The average molecular weight is 279 g/mol. The number of benzene rings is 2. The summed E-state index contributed by atoms with van der Waals surface area (Å²) in [6.45, 7) is 0. The van der Waals surface area contributed by atoms with Crippen LogP contribution in [0.2, 0.25) is 0 Å². The van der Waals surface area contributed by atoms with Gasteiger partial charge >= 0.3 is 0 Å². The van der Waals surface area contributed by atoms with Crippen molar-refractivity contribution >= 4 is 33.7 Å². The monoisotopic (exact) mass is 279 g/mol. The van der Waals surface area contributed by atoms with E-state index in [1.54, 1.807) is 11.3 Å². The van der Waals surface area contributed by atoms with Crippen LogP contribution in [0.15, 0.2) is 53.9 Å². The van der Waals surface area contributed by atoms with Gasteiger partial charge in [-0.2, -0.15) is 0 Å². The Morgan fingerprint density at radius 3 is 2.80 bits per heavy atom. The number of fused-ring (bicyclic) bond motifs is 3. The summed E-state index contributed by atoms with van der Waals surface area (Å²) in [6, 6.07) is 16.7. The van der Waals surface area contributed by atoms with E-state index < -0.39 is 0 Å². The van der Waals surface area contributed by atoms with Gasteiger partial charge in [-0.15, -0.1) is 11.3 Å². The molecule has 0 spiro atoms. The van der Waals surface area contributed by atoms with Gasteiger partial charge in [-0.1, -0.05) is 36.4 Å². The lowest BCUT2D eigenvalue weighted by molar-refractivity contribution is -0.116. The number of rotatable bonds is 1. The summed E-state index contributed by atoms with van der Waals surface area (Å²) in [7, 11) is 0. The maximum Gasteiger partial charge on any atom is 0.225 e. The van der Waals surface area contributed by atoms with Crippen LogP contribution < -0.4 is 5.32 Å². The molecule has 0 radical (unpaired) electrons. The molecule has 1 aliphatic heterocycles. The highest BCUT2D eigenvalue weighted by molar-refractivity contribution is 7.10. The topological polar surface area (TPSA) is 29.1 Å². The van der Waals surface area contributed by atoms with Gasteiger partial charge in [0.05, 0.1) is 0 Å². The van der Waals surface area contributed by atoms with Gasteiger partial charge in [0.15, 0.2) is 0 Å². The molecule has 1 amide bonds. The minimum absolute atomic E-state index is 0.103. The quantitative estimate of drug-likeness (QED) is 0.704. The van der Waals surface area contributed by atoms with Crippen LogP contribution >= 0.6 is 11.3 Å². The second kappa shape index (κ2) is 4.46. The summed E-state index contributed by atoms with van der Waals surface area (Å²) in [4.78, 5) is 13.2. The fraction of sp³-hybridized carbons (Fsp3) is 0.118. The smallest absolute Gasteiger partial charge is 0.225 e. The fourth-order valence-electron chi connectivity index (χ4n) is 3.00. The van der Waals surface area contributed by atoms with Crippen molar-refractivity contribution in [1.29, 1.82) is 0 Å². The molecule has 2 heterocycles. The van der Waals surface area contributed by atoms with Crippen molar-refractivity contribution in [2.24, 2.45) is 0 Å². The van der Waals surface area contributed by atoms with Gasteiger partial charge in [0.25, 0.3) is 0 Å². The zero-order valence-electron chi connectivity index (χ0n) is 10.8. The predicted molar refractivity (Wildman–Crippen MR) is 83.4 cm³/mol. The highest BCUT2D eigenvalue weighted by atomic mass is 32.1. The van der Waals surface area contributed by atoms with E-state index in [1.807, 2.05) is 6.07 Å². The Labute approximate surface area is 121 Å². The maximum absolute atomic E-state index is 12.0. The summed E-state index contributed by atoms with van der Waals surface area (Å²) in [5.74, 6) is 0.274. The fourth-order valence-corrected chi connectivity index (χ4v) is 3.84. The van der Waals surface area contributed by atoms with Crippen molar-refractivity contribution in [3.8, 4) is 0 Å². The van der Waals surface area contributed by atoms with E-state index in [0.717, 1.165) is 5.69 Å². The summed E-state index contributed by atoms with van der Waals surface area (Å²) < 4.78 is 0. The zero-order valence-corrected chi connectivity index (χ0v) is 11.6. The summed E-state index contributed by atoms with van der Waals surface area (Å²) in [6.07, 6.45) is 0.529. The largest absolute Gasteiger partial charge is 0.326 e. The van der Waals surface area contributed by atoms with Gasteiger partial charge in [-0.05, 0) is 33.8 Å². The van der Waals surface area contributed by atoms with Crippen molar-refractivity contribution < 1.29 is 4.79 Å². The number of nitrogens with one attached hydrogen (secondary N) is 1. The predicted octanol–water partition coefficient (Wildman–Crippen LogP) is 4.38. The number of amides is 1. The lowest BCUT2D eigenvalue weighted by Gasteiger charge is -2.26. The number of hydrogen-bond acceptors (Lipinski definition) is 2. The Kier molecular flexibility index (Phi) is 2.60.